The van der Waals surface area contributed by atoms with Gasteiger partial charge in [-0.2, -0.15) is 0 Å². The van der Waals surface area contributed by atoms with Crippen molar-refractivity contribution in [2.24, 2.45) is 0 Å². The van der Waals surface area contributed by atoms with E-state index in [0.717, 1.165) is 39.5 Å². The molecular formula is C40H46O12S2. The van der Waals surface area contributed by atoms with Gasteiger partial charge in [-0.25, -0.2) is 8.42 Å². The first-order valence-corrected chi connectivity index (χ1v) is 20.5. The summed E-state index contributed by atoms with van der Waals surface area (Å²) in [5.74, 6) is 3.18. The summed E-state index contributed by atoms with van der Waals surface area (Å²) in [5.41, 5.74) is 3.67. The maximum atomic E-state index is 11.9. The largest absolute Gasteiger partial charge is 0.726 e. The zero-order valence-corrected chi connectivity index (χ0v) is 32.1. The molecule has 7 atom stereocenters. The Bertz CT molecular complexity index is 1830. The summed E-state index contributed by atoms with van der Waals surface area (Å²) < 4.78 is 88.7. The first-order valence-electron chi connectivity index (χ1n) is 17.5. The monoisotopic (exact) mass is 782 g/mol. The van der Waals surface area contributed by atoms with Gasteiger partial charge in [0.1, 0.15) is 53.2 Å². The van der Waals surface area contributed by atoms with E-state index in [1.54, 1.807) is 21.3 Å². The third-order valence-electron chi connectivity index (χ3n) is 9.29. The summed E-state index contributed by atoms with van der Waals surface area (Å²) in [6, 6.07) is 32.4. The molecule has 4 aromatic carbocycles. The third kappa shape index (κ3) is 11.2. The van der Waals surface area contributed by atoms with Crippen molar-refractivity contribution in [1.29, 1.82) is 0 Å². The molecule has 2 heterocycles. The number of rotatable bonds is 18. The van der Waals surface area contributed by atoms with Crippen LogP contribution < -0.4 is 14.2 Å². The van der Waals surface area contributed by atoms with Gasteiger partial charge in [0.2, 0.25) is 10.4 Å². The van der Waals surface area contributed by atoms with Gasteiger partial charge < -0.3 is 42.4 Å². The summed E-state index contributed by atoms with van der Waals surface area (Å²) in [5, 5.41) is -0.187. The van der Waals surface area contributed by atoms with E-state index in [1.807, 2.05) is 103 Å². The molecule has 0 bridgehead atoms. The van der Waals surface area contributed by atoms with Crippen LogP contribution in [0.1, 0.15) is 28.5 Å². The van der Waals surface area contributed by atoms with E-state index in [2.05, 4.69) is 0 Å². The fourth-order valence-electron chi connectivity index (χ4n) is 6.41. The highest BCUT2D eigenvalue weighted by molar-refractivity contribution is 7.97. The lowest BCUT2D eigenvalue weighted by Crippen LogP contribution is -2.48. The van der Waals surface area contributed by atoms with Crippen molar-refractivity contribution >= 4 is 21.3 Å². The molecule has 0 saturated carbocycles. The van der Waals surface area contributed by atoms with Crippen LogP contribution >= 0.6 is 0 Å². The van der Waals surface area contributed by atoms with Crippen molar-refractivity contribution in [1.82, 2.24) is 0 Å². The number of benzene rings is 4. The van der Waals surface area contributed by atoms with Gasteiger partial charge in [-0.1, -0.05) is 66.7 Å². The topological polar surface area (TPSA) is 140 Å². The molecule has 0 amide bonds. The first-order chi connectivity index (χ1) is 26.2. The minimum Gasteiger partial charge on any atom is -0.726 e. The van der Waals surface area contributed by atoms with Crippen molar-refractivity contribution in [3.05, 3.63) is 125 Å². The zero-order valence-electron chi connectivity index (χ0n) is 30.4. The Morgan fingerprint density at radius 2 is 1.24 bits per heavy atom. The molecule has 12 nitrogen and oxygen atoms in total. The average Bonchev–Trinajstić information content (AvgIpc) is 3.52. The minimum atomic E-state index is -5.05. The summed E-state index contributed by atoms with van der Waals surface area (Å²) in [6.45, 7) is 1.17. The molecule has 2 fully saturated rings. The van der Waals surface area contributed by atoms with Crippen LogP contribution in [-0.2, 0) is 69.0 Å². The van der Waals surface area contributed by atoms with E-state index < -0.39 is 45.9 Å². The minimum absolute atomic E-state index is 0.143. The Labute approximate surface area is 319 Å². The molecule has 0 spiro atoms. The number of ether oxygens (including phenoxy) is 8. The molecule has 54 heavy (non-hydrogen) atoms. The molecular weight excluding hydrogens is 737 g/mol. The molecule has 6 rings (SSSR count). The molecule has 4 aromatic rings. The smallest absolute Gasteiger partial charge is 0.218 e. The number of methoxy groups -OCH3 is 3. The molecule has 0 aromatic heterocycles. The number of hydrogen-bond donors (Lipinski definition) is 0. The maximum Gasteiger partial charge on any atom is 0.218 e. The lowest BCUT2D eigenvalue weighted by molar-refractivity contribution is -0.245. The van der Waals surface area contributed by atoms with Crippen molar-refractivity contribution in [3.63, 3.8) is 0 Å². The predicted molar refractivity (Wildman–Crippen MR) is 201 cm³/mol. The predicted octanol–water partition coefficient (Wildman–Crippen LogP) is 5.36. The van der Waals surface area contributed by atoms with E-state index in [0.29, 0.717) is 37.9 Å². The van der Waals surface area contributed by atoms with Crippen molar-refractivity contribution in [2.45, 2.75) is 55.8 Å². The van der Waals surface area contributed by atoms with E-state index >= 15 is 0 Å². The first kappa shape index (κ1) is 40.0. The highest BCUT2D eigenvalue weighted by Crippen LogP contribution is 2.35. The van der Waals surface area contributed by atoms with Crippen LogP contribution in [0.25, 0.3) is 0 Å². The summed E-state index contributed by atoms with van der Waals surface area (Å²) in [6.07, 6.45) is -3.46. The molecule has 290 valence electrons. The van der Waals surface area contributed by atoms with E-state index in [1.165, 1.54) is 0 Å². The Balaban J connectivity index is 1.27. The Hall–Kier alpha value is -3.70. The normalized spacial score (nSPS) is 24.3. The third-order valence-corrected chi connectivity index (χ3v) is 12.5. The molecule has 0 radical (unpaired) electrons. The molecule has 2 aliphatic heterocycles. The standard InChI is InChI=1S/C40H46O12S2/c1-44-32-15-9-28(10-16-32)21-47-25-38-39(49-23-30-13-19-34(46-3)20-14-30)37(48-22-29-11-17-33(45-2)18-12-29)27-53(38)26-36-35(52-54(41,42)43)24-50-40(51-36)31-7-5-4-6-8-31/h4-20,35-40H,21-27H2,1-3H3/t35-,36+,37+,38+,39-,40-,53?/m0/s1. The Kier molecular flexibility index (Phi) is 14.2. The van der Waals surface area contributed by atoms with Crippen LogP contribution in [-0.4, -0.2) is 88.7 Å². The maximum absolute atomic E-state index is 11.9. The van der Waals surface area contributed by atoms with Crippen LogP contribution in [0.3, 0.4) is 0 Å². The molecule has 2 aliphatic rings. The van der Waals surface area contributed by atoms with Gasteiger partial charge in [0, 0.05) is 16.5 Å². The van der Waals surface area contributed by atoms with Crippen LogP contribution in [0.15, 0.2) is 103 Å². The lowest BCUT2D eigenvalue weighted by atomic mass is 10.1. The van der Waals surface area contributed by atoms with Gasteiger partial charge in [0.25, 0.3) is 0 Å². The van der Waals surface area contributed by atoms with Gasteiger partial charge in [-0.15, -0.1) is 0 Å². The highest BCUT2D eigenvalue weighted by atomic mass is 32.3. The summed E-state index contributed by atoms with van der Waals surface area (Å²) in [4.78, 5) is 0. The Morgan fingerprint density at radius 1 is 0.704 bits per heavy atom. The molecule has 0 aliphatic carbocycles. The van der Waals surface area contributed by atoms with Gasteiger partial charge in [-0.05, 0) is 53.1 Å². The van der Waals surface area contributed by atoms with E-state index in [4.69, 9.17) is 42.1 Å². The van der Waals surface area contributed by atoms with Crippen molar-refractivity contribution < 1.29 is 55.0 Å². The van der Waals surface area contributed by atoms with Gasteiger partial charge >= 0.3 is 0 Å². The molecule has 0 N–H and O–H groups in total. The molecule has 1 unspecified atom stereocenters. The van der Waals surface area contributed by atoms with Gasteiger partial charge in [-0.3, -0.25) is 4.18 Å². The fraction of sp³-hybridized carbons (Fsp3) is 0.400. The van der Waals surface area contributed by atoms with Crippen LogP contribution in [0.4, 0.5) is 0 Å². The summed E-state index contributed by atoms with van der Waals surface area (Å²) in [7, 11) is -0.707. The van der Waals surface area contributed by atoms with Gasteiger partial charge in [0.15, 0.2) is 11.5 Å². The van der Waals surface area contributed by atoms with E-state index in [-0.39, 0.29) is 18.0 Å². The number of hydrogen-bond acceptors (Lipinski definition) is 12. The van der Waals surface area contributed by atoms with Crippen LogP contribution in [0.5, 0.6) is 17.2 Å². The van der Waals surface area contributed by atoms with Crippen molar-refractivity contribution in [3.8, 4) is 17.2 Å². The van der Waals surface area contributed by atoms with Gasteiger partial charge in [0.05, 0.1) is 54.4 Å². The van der Waals surface area contributed by atoms with Crippen LogP contribution in [0, 0.1) is 0 Å². The van der Waals surface area contributed by atoms with Crippen molar-refractivity contribution in [2.75, 3.05) is 46.0 Å². The average molecular weight is 783 g/mol. The Morgan fingerprint density at radius 3 is 1.78 bits per heavy atom. The second kappa shape index (κ2) is 19.2. The second-order valence-corrected chi connectivity index (χ2v) is 16.2. The molecule has 2 saturated heterocycles. The molecule has 14 heteroatoms. The second-order valence-electron chi connectivity index (χ2n) is 12.9. The van der Waals surface area contributed by atoms with Crippen LogP contribution in [0.2, 0.25) is 0 Å². The zero-order chi connectivity index (χ0) is 37.9. The quantitative estimate of drug-likeness (QED) is 0.0730. The highest BCUT2D eigenvalue weighted by Gasteiger charge is 2.55. The SMILES string of the molecule is COc1ccc(COC[C@@H]2[C@@H](OCc3ccc(OC)cc3)[C@H](OCc3ccc(OC)cc3)C[S+]2C[C@H]2O[C@@H](c3ccccc3)OC[C@@H]2OS(=O)(=O)[O-])cc1. The fourth-order valence-corrected chi connectivity index (χ4v) is 9.87. The lowest BCUT2D eigenvalue weighted by Gasteiger charge is -2.36. The van der Waals surface area contributed by atoms with E-state index in [9.17, 15) is 13.0 Å². The summed E-state index contributed by atoms with van der Waals surface area (Å²) >= 11 is 0.